The molecule has 23 heavy (non-hydrogen) atoms. The summed E-state index contributed by atoms with van der Waals surface area (Å²) in [7, 11) is 0. The number of carbonyl (C=O) groups is 2. The summed E-state index contributed by atoms with van der Waals surface area (Å²) in [5.74, 6) is 0.322. The predicted molar refractivity (Wildman–Crippen MR) is 89.2 cm³/mol. The number of rotatable bonds is 3. The van der Waals surface area contributed by atoms with Crippen molar-refractivity contribution in [3.8, 4) is 0 Å². The van der Waals surface area contributed by atoms with Gasteiger partial charge in [-0.05, 0) is 37.6 Å². The van der Waals surface area contributed by atoms with Crippen molar-refractivity contribution < 1.29 is 14.1 Å². The van der Waals surface area contributed by atoms with Crippen molar-refractivity contribution in [1.29, 1.82) is 0 Å². The van der Waals surface area contributed by atoms with Gasteiger partial charge in [-0.25, -0.2) is 0 Å². The second-order valence-electron chi connectivity index (χ2n) is 5.65. The fourth-order valence-corrected chi connectivity index (χ4v) is 2.83. The first-order valence-corrected chi connectivity index (χ1v) is 8.04. The Hall–Kier alpha value is -2.15. The van der Waals surface area contributed by atoms with Crippen LogP contribution in [0.2, 0.25) is 0 Å². The number of hydrogen-bond acceptors (Lipinski definition) is 4. The van der Waals surface area contributed by atoms with Crippen molar-refractivity contribution in [2.45, 2.75) is 20.3 Å². The van der Waals surface area contributed by atoms with Crippen LogP contribution in [-0.4, -0.2) is 23.5 Å². The van der Waals surface area contributed by atoms with E-state index < -0.39 is 5.92 Å². The lowest BCUT2D eigenvalue weighted by Gasteiger charge is -2.17. The zero-order valence-corrected chi connectivity index (χ0v) is 14.4. The molecule has 7 heteroatoms. The molecule has 1 aromatic heterocycles. The van der Waals surface area contributed by atoms with E-state index in [9.17, 15) is 9.59 Å². The van der Waals surface area contributed by atoms with Gasteiger partial charge in [0.2, 0.25) is 11.8 Å². The summed E-state index contributed by atoms with van der Waals surface area (Å²) in [5, 5.41) is 6.42. The largest absolute Gasteiger partial charge is 0.360 e. The Morgan fingerprint density at radius 2 is 2.17 bits per heavy atom. The van der Waals surface area contributed by atoms with E-state index in [2.05, 4.69) is 26.4 Å². The normalized spacial score (nSPS) is 17.6. The summed E-state index contributed by atoms with van der Waals surface area (Å²) in [5.41, 5.74) is 1.85. The van der Waals surface area contributed by atoms with Gasteiger partial charge in [0.25, 0.3) is 0 Å². The van der Waals surface area contributed by atoms with Crippen LogP contribution < -0.4 is 10.2 Å². The van der Waals surface area contributed by atoms with Gasteiger partial charge in [-0.1, -0.05) is 21.1 Å². The van der Waals surface area contributed by atoms with Crippen LogP contribution >= 0.6 is 15.9 Å². The zero-order chi connectivity index (χ0) is 16.6. The van der Waals surface area contributed by atoms with E-state index in [0.29, 0.717) is 18.1 Å². The fraction of sp³-hybridized carbons (Fsp3) is 0.312. The topological polar surface area (TPSA) is 75.4 Å². The van der Waals surface area contributed by atoms with Gasteiger partial charge in [0.05, 0.1) is 5.92 Å². The molecule has 0 saturated carbocycles. The molecule has 0 bridgehead atoms. The Morgan fingerprint density at radius 3 is 2.83 bits per heavy atom. The first-order valence-electron chi connectivity index (χ1n) is 7.25. The average molecular weight is 378 g/mol. The molecular formula is C16H16BrN3O3. The molecule has 1 aromatic carbocycles. The number of nitrogens with zero attached hydrogens (tertiary/aromatic N) is 2. The monoisotopic (exact) mass is 377 g/mol. The molecule has 0 aliphatic carbocycles. The lowest BCUT2D eigenvalue weighted by Crippen LogP contribution is -2.28. The zero-order valence-electron chi connectivity index (χ0n) is 12.8. The minimum absolute atomic E-state index is 0.0526. The molecule has 2 aromatic rings. The van der Waals surface area contributed by atoms with Crippen molar-refractivity contribution >= 4 is 39.2 Å². The van der Waals surface area contributed by atoms with Crippen LogP contribution in [0.25, 0.3) is 0 Å². The molecular weight excluding hydrogens is 362 g/mol. The standard InChI is InChI=1S/C16H16BrN3O3/c1-9-5-12(3-4-13(9)17)20-8-11(7-15(20)21)16(22)18-14-6-10(2)23-19-14/h3-6,11H,7-8H2,1-2H3,(H,18,19,22)/t11-/m0/s1. The van der Waals surface area contributed by atoms with Gasteiger partial charge in [0, 0.05) is 29.2 Å². The highest BCUT2D eigenvalue weighted by molar-refractivity contribution is 9.10. The van der Waals surface area contributed by atoms with E-state index in [4.69, 9.17) is 4.52 Å². The lowest BCUT2D eigenvalue weighted by atomic mass is 10.1. The maximum Gasteiger partial charge on any atom is 0.231 e. The third kappa shape index (κ3) is 3.29. The second-order valence-corrected chi connectivity index (χ2v) is 6.51. The Kier molecular flexibility index (Phi) is 4.21. The second kappa shape index (κ2) is 6.16. The van der Waals surface area contributed by atoms with Gasteiger partial charge in [-0.3, -0.25) is 9.59 Å². The Bertz CT molecular complexity index is 772. The van der Waals surface area contributed by atoms with Crippen LogP contribution in [0, 0.1) is 19.8 Å². The first kappa shape index (κ1) is 15.7. The summed E-state index contributed by atoms with van der Waals surface area (Å²) in [4.78, 5) is 26.2. The molecule has 2 heterocycles. The Balaban J connectivity index is 1.71. The van der Waals surface area contributed by atoms with E-state index in [1.165, 1.54) is 0 Å². The number of amides is 2. The van der Waals surface area contributed by atoms with Crippen molar-refractivity contribution in [2.75, 3.05) is 16.8 Å². The van der Waals surface area contributed by atoms with E-state index in [1.54, 1.807) is 17.9 Å². The van der Waals surface area contributed by atoms with Crippen LogP contribution in [0.5, 0.6) is 0 Å². The Labute approximate surface area is 142 Å². The van der Waals surface area contributed by atoms with Crippen molar-refractivity contribution in [1.82, 2.24) is 5.16 Å². The summed E-state index contributed by atoms with van der Waals surface area (Å²) >= 11 is 3.44. The number of carbonyl (C=O) groups excluding carboxylic acids is 2. The summed E-state index contributed by atoms with van der Waals surface area (Å²) in [6, 6.07) is 7.35. The third-order valence-corrected chi connectivity index (χ3v) is 4.72. The minimum atomic E-state index is -0.400. The Morgan fingerprint density at radius 1 is 1.39 bits per heavy atom. The van der Waals surface area contributed by atoms with Gasteiger partial charge in [0.15, 0.2) is 5.82 Å². The molecule has 1 N–H and O–H groups in total. The van der Waals surface area contributed by atoms with E-state index in [1.807, 2.05) is 25.1 Å². The van der Waals surface area contributed by atoms with E-state index in [-0.39, 0.29) is 18.2 Å². The van der Waals surface area contributed by atoms with Gasteiger partial charge >= 0.3 is 0 Å². The van der Waals surface area contributed by atoms with Crippen molar-refractivity contribution in [3.63, 3.8) is 0 Å². The number of aromatic nitrogens is 1. The summed E-state index contributed by atoms with van der Waals surface area (Å²) in [6.07, 6.45) is 0.192. The highest BCUT2D eigenvalue weighted by Crippen LogP contribution is 2.29. The number of halogens is 1. The van der Waals surface area contributed by atoms with Crippen molar-refractivity contribution in [3.05, 3.63) is 40.1 Å². The van der Waals surface area contributed by atoms with Gasteiger partial charge in [-0.2, -0.15) is 0 Å². The molecule has 120 valence electrons. The minimum Gasteiger partial charge on any atom is -0.360 e. The van der Waals surface area contributed by atoms with E-state index in [0.717, 1.165) is 15.7 Å². The van der Waals surface area contributed by atoms with Crippen LogP contribution in [0.4, 0.5) is 11.5 Å². The fourth-order valence-electron chi connectivity index (χ4n) is 2.58. The summed E-state index contributed by atoms with van der Waals surface area (Å²) in [6.45, 7) is 4.08. The molecule has 2 amide bonds. The molecule has 1 aliphatic heterocycles. The smallest absolute Gasteiger partial charge is 0.231 e. The molecule has 0 spiro atoms. The summed E-state index contributed by atoms with van der Waals surface area (Å²) < 4.78 is 5.91. The quantitative estimate of drug-likeness (QED) is 0.891. The SMILES string of the molecule is Cc1cc(NC(=O)[C@H]2CC(=O)N(c3ccc(Br)c(C)c3)C2)no1. The molecule has 1 atom stereocenters. The maximum atomic E-state index is 12.3. The number of benzene rings is 1. The van der Waals surface area contributed by atoms with E-state index >= 15 is 0 Å². The van der Waals surface area contributed by atoms with Gasteiger partial charge < -0.3 is 14.7 Å². The molecule has 1 aliphatic rings. The highest BCUT2D eigenvalue weighted by Gasteiger charge is 2.35. The molecule has 0 radical (unpaired) electrons. The first-order chi connectivity index (χ1) is 10.9. The van der Waals surface area contributed by atoms with Gasteiger partial charge in [-0.15, -0.1) is 0 Å². The number of aryl methyl sites for hydroxylation is 2. The van der Waals surface area contributed by atoms with Crippen molar-refractivity contribution in [2.24, 2.45) is 5.92 Å². The van der Waals surface area contributed by atoms with Crippen LogP contribution in [0.15, 0.2) is 33.3 Å². The number of hydrogen-bond donors (Lipinski definition) is 1. The molecule has 6 nitrogen and oxygen atoms in total. The number of anilines is 2. The average Bonchev–Trinajstić information content (AvgIpc) is 3.08. The lowest BCUT2D eigenvalue weighted by molar-refractivity contribution is -0.122. The van der Waals surface area contributed by atoms with Crippen LogP contribution in [0.3, 0.4) is 0 Å². The maximum absolute atomic E-state index is 12.3. The molecule has 3 rings (SSSR count). The molecule has 1 fully saturated rings. The third-order valence-electron chi connectivity index (χ3n) is 3.83. The predicted octanol–water partition coefficient (Wildman–Crippen LogP) is 3.05. The highest BCUT2D eigenvalue weighted by atomic mass is 79.9. The molecule has 1 saturated heterocycles. The van der Waals surface area contributed by atoms with Crippen LogP contribution in [-0.2, 0) is 9.59 Å². The van der Waals surface area contributed by atoms with Gasteiger partial charge in [0.1, 0.15) is 5.76 Å². The van der Waals surface area contributed by atoms with Crippen LogP contribution in [0.1, 0.15) is 17.7 Å². The number of nitrogens with one attached hydrogen (secondary N) is 1. The molecule has 0 unspecified atom stereocenters.